The molecule has 174 valence electrons. The van der Waals surface area contributed by atoms with Crippen LogP contribution < -0.4 is 10.7 Å². The first-order chi connectivity index (χ1) is 16.2. The number of pyridine rings is 1. The number of halogens is 1. The molecule has 11 heteroatoms. The van der Waals surface area contributed by atoms with Crippen LogP contribution in [-0.4, -0.2) is 27.4 Å². The Morgan fingerprint density at radius 2 is 1.97 bits per heavy atom. The van der Waals surface area contributed by atoms with E-state index in [1.54, 1.807) is 19.2 Å². The van der Waals surface area contributed by atoms with Gasteiger partial charge in [-0.2, -0.15) is 5.10 Å². The Morgan fingerprint density at radius 3 is 2.71 bits per heavy atom. The molecule has 0 fully saturated rings. The normalized spacial score (nSPS) is 13.9. The fraction of sp³-hybridized carbons (Fsp3) is 0.217. The molecule has 0 spiro atoms. The highest BCUT2D eigenvalue weighted by Crippen LogP contribution is 2.30. The summed E-state index contributed by atoms with van der Waals surface area (Å²) in [6.07, 6.45) is 3.52. The second-order valence-corrected chi connectivity index (χ2v) is 8.21. The van der Waals surface area contributed by atoms with Crippen molar-refractivity contribution in [2.45, 2.75) is 33.1 Å². The molecule has 0 bridgehead atoms. The monoisotopic (exact) mass is 481 g/mol. The van der Waals surface area contributed by atoms with Crippen molar-refractivity contribution in [3.05, 3.63) is 85.4 Å². The number of amides is 2. The number of nitro benzene ring substituents is 1. The summed E-state index contributed by atoms with van der Waals surface area (Å²) < 4.78 is 5.86. The molecule has 2 aromatic heterocycles. The number of furan rings is 1. The molecular formula is C23H20ClN5O5. The first-order valence-corrected chi connectivity index (χ1v) is 10.8. The summed E-state index contributed by atoms with van der Waals surface area (Å²) in [5.74, 6) is 0.131. The van der Waals surface area contributed by atoms with Crippen LogP contribution in [0.5, 0.6) is 0 Å². The SMILES string of the molecule is Cc1ccnc(NC(=O)c2oc3c(c2C)/C(=N/NC(=O)c2ccc(Cl)c([N+](=O)[O-])c2)CCC3)c1. The van der Waals surface area contributed by atoms with E-state index in [2.05, 4.69) is 20.8 Å². The average Bonchev–Trinajstić information content (AvgIpc) is 3.15. The molecule has 4 rings (SSSR count). The molecule has 1 aromatic carbocycles. The number of aryl methyl sites for hydroxylation is 2. The van der Waals surface area contributed by atoms with E-state index in [1.165, 1.54) is 12.1 Å². The van der Waals surface area contributed by atoms with Crippen molar-refractivity contribution in [2.24, 2.45) is 5.10 Å². The predicted molar refractivity (Wildman–Crippen MR) is 125 cm³/mol. The van der Waals surface area contributed by atoms with Crippen molar-refractivity contribution < 1.29 is 18.9 Å². The number of hydrogen-bond donors (Lipinski definition) is 2. The van der Waals surface area contributed by atoms with Crippen LogP contribution in [0.4, 0.5) is 11.5 Å². The van der Waals surface area contributed by atoms with Gasteiger partial charge in [0.15, 0.2) is 5.76 Å². The van der Waals surface area contributed by atoms with Gasteiger partial charge >= 0.3 is 0 Å². The maximum absolute atomic E-state index is 12.8. The van der Waals surface area contributed by atoms with E-state index in [0.717, 1.165) is 18.1 Å². The largest absolute Gasteiger partial charge is 0.455 e. The fourth-order valence-corrected chi connectivity index (χ4v) is 3.94. The Kier molecular flexibility index (Phi) is 6.42. The number of aromatic nitrogens is 1. The average molecular weight is 482 g/mol. The van der Waals surface area contributed by atoms with Gasteiger partial charge in [0.05, 0.1) is 10.6 Å². The fourth-order valence-electron chi connectivity index (χ4n) is 3.75. The van der Waals surface area contributed by atoms with Crippen molar-refractivity contribution >= 4 is 40.6 Å². The quantitative estimate of drug-likeness (QED) is 0.404. The van der Waals surface area contributed by atoms with Crippen LogP contribution >= 0.6 is 11.6 Å². The summed E-state index contributed by atoms with van der Waals surface area (Å²) in [5.41, 5.74) is 4.92. The van der Waals surface area contributed by atoms with E-state index in [9.17, 15) is 19.7 Å². The van der Waals surface area contributed by atoms with Gasteiger partial charge in [0.1, 0.15) is 16.6 Å². The summed E-state index contributed by atoms with van der Waals surface area (Å²) in [4.78, 5) is 39.9. The molecular weight excluding hydrogens is 462 g/mol. The van der Waals surface area contributed by atoms with E-state index in [0.29, 0.717) is 41.3 Å². The Balaban J connectivity index is 1.57. The third kappa shape index (κ3) is 4.67. The number of carbonyl (C=O) groups is 2. The molecule has 0 radical (unpaired) electrons. The van der Waals surface area contributed by atoms with Gasteiger partial charge in [-0.1, -0.05) is 11.6 Å². The van der Waals surface area contributed by atoms with E-state index < -0.39 is 16.7 Å². The lowest BCUT2D eigenvalue weighted by molar-refractivity contribution is -0.384. The highest BCUT2D eigenvalue weighted by molar-refractivity contribution is 6.32. The van der Waals surface area contributed by atoms with Crippen LogP contribution in [0, 0.1) is 24.0 Å². The highest BCUT2D eigenvalue weighted by Gasteiger charge is 2.28. The minimum Gasteiger partial charge on any atom is -0.455 e. The van der Waals surface area contributed by atoms with Gasteiger partial charge in [0, 0.05) is 35.4 Å². The summed E-state index contributed by atoms with van der Waals surface area (Å²) in [6.45, 7) is 3.65. The van der Waals surface area contributed by atoms with Crippen molar-refractivity contribution in [2.75, 3.05) is 5.32 Å². The number of nitro groups is 1. The molecule has 34 heavy (non-hydrogen) atoms. The van der Waals surface area contributed by atoms with Crippen LogP contribution in [0.15, 0.2) is 46.0 Å². The Bertz CT molecular complexity index is 1350. The van der Waals surface area contributed by atoms with E-state index >= 15 is 0 Å². The maximum Gasteiger partial charge on any atom is 0.292 e. The molecule has 0 aliphatic heterocycles. The van der Waals surface area contributed by atoms with Gasteiger partial charge in [-0.25, -0.2) is 10.4 Å². The Morgan fingerprint density at radius 1 is 1.18 bits per heavy atom. The number of nitrogens with zero attached hydrogens (tertiary/aromatic N) is 3. The van der Waals surface area contributed by atoms with E-state index in [4.69, 9.17) is 16.0 Å². The minimum atomic E-state index is -0.661. The molecule has 0 unspecified atom stereocenters. The molecule has 1 aliphatic carbocycles. The van der Waals surface area contributed by atoms with Crippen molar-refractivity contribution in [3.8, 4) is 0 Å². The lowest BCUT2D eigenvalue weighted by Crippen LogP contribution is -2.22. The number of anilines is 1. The molecule has 2 N–H and O–H groups in total. The first-order valence-electron chi connectivity index (χ1n) is 10.4. The van der Waals surface area contributed by atoms with Crippen molar-refractivity contribution in [1.82, 2.24) is 10.4 Å². The number of fused-ring (bicyclic) bond motifs is 1. The van der Waals surface area contributed by atoms with Gasteiger partial charge in [-0.3, -0.25) is 19.7 Å². The molecule has 10 nitrogen and oxygen atoms in total. The topological polar surface area (TPSA) is 140 Å². The zero-order chi connectivity index (χ0) is 24.4. The number of rotatable bonds is 5. The number of carbonyl (C=O) groups excluding carboxylic acids is 2. The lowest BCUT2D eigenvalue weighted by Gasteiger charge is -2.13. The molecule has 0 saturated carbocycles. The van der Waals surface area contributed by atoms with Crippen LogP contribution in [0.25, 0.3) is 0 Å². The maximum atomic E-state index is 12.8. The van der Waals surface area contributed by atoms with Gasteiger partial charge < -0.3 is 9.73 Å². The summed E-state index contributed by atoms with van der Waals surface area (Å²) >= 11 is 5.81. The summed E-state index contributed by atoms with van der Waals surface area (Å²) in [7, 11) is 0. The third-order valence-electron chi connectivity index (χ3n) is 5.39. The second-order valence-electron chi connectivity index (χ2n) is 7.80. The molecule has 2 amide bonds. The van der Waals surface area contributed by atoms with Gasteiger partial charge in [0.2, 0.25) is 0 Å². The molecule has 0 saturated heterocycles. The summed E-state index contributed by atoms with van der Waals surface area (Å²) in [6, 6.07) is 7.33. The van der Waals surface area contributed by atoms with E-state index in [-0.39, 0.29) is 22.0 Å². The van der Waals surface area contributed by atoms with Crippen molar-refractivity contribution in [3.63, 3.8) is 0 Å². The predicted octanol–water partition coefficient (Wildman–Crippen LogP) is 4.58. The number of hydrogen-bond acceptors (Lipinski definition) is 7. The molecule has 1 aliphatic rings. The first kappa shape index (κ1) is 23.1. The van der Waals surface area contributed by atoms with Crippen LogP contribution in [0.1, 0.15) is 56.2 Å². The zero-order valence-corrected chi connectivity index (χ0v) is 19.1. The van der Waals surface area contributed by atoms with Crippen LogP contribution in [0.2, 0.25) is 5.02 Å². The van der Waals surface area contributed by atoms with E-state index in [1.807, 2.05) is 13.0 Å². The number of hydrazone groups is 1. The Labute approximate surface area is 199 Å². The number of benzene rings is 1. The van der Waals surface area contributed by atoms with Gasteiger partial charge in [0.25, 0.3) is 17.5 Å². The Hall–Kier alpha value is -4.05. The second kappa shape index (κ2) is 9.44. The zero-order valence-electron chi connectivity index (χ0n) is 18.3. The molecule has 3 aromatic rings. The van der Waals surface area contributed by atoms with Crippen molar-refractivity contribution in [1.29, 1.82) is 0 Å². The highest BCUT2D eigenvalue weighted by atomic mass is 35.5. The lowest BCUT2D eigenvalue weighted by atomic mass is 9.93. The third-order valence-corrected chi connectivity index (χ3v) is 5.71. The van der Waals surface area contributed by atoms with Crippen LogP contribution in [-0.2, 0) is 6.42 Å². The van der Waals surface area contributed by atoms with Gasteiger partial charge in [-0.05, 0) is 56.5 Å². The molecule has 0 atom stereocenters. The van der Waals surface area contributed by atoms with Gasteiger partial charge in [-0.15, -0.1) is 0 Å². The standard InChI is InChI=1S/C23H20ClN5O5/c1-12-8-9-25-19(10-12)26-23(31)21-13(2)20-16(4-3-5-18(20)34-21)27-28-22(30)14-6-7-15(24)17(11-14)29(32)33/h6-11H,3-5H2,1-2H3,(H,28,30)(H,25,26,31)/b27-16+. The summed E-state index contributed by atoms with van der Waals surface area (Å²) in [5, 5.41) is 18.0. The smallest absolute Gasteiger partial charge is 0.292 e. The minimum absolute atomic E-state index is 0.0473. The number of nitrogens with one attached hydrogen (secondary N) is 2. The van der Waals surface area contributed by atoms with Crippen LogP contribution in [0.3, 0.4) is 0 Å². The molecule has 2 heterocycles.